The number of benzene rings is 2. The standard InChI is InChI=1S/C26H25NO5/c1-2-31-20-11-6-10-19(16-20)24-23(22(28)14-13-18-8-4-3-5-9-18)25(29)26(30)27(24)17-21-12-7-15-32-21/h3-12,15-16,24,29H,2,13-14,17H2,1H3. The zero-order valence-electron chi connectivity index (χ0n) is 17.9. The van der Waals surface area contributed by atoms with Gasteiger partial charge < -0.3 is 19.2 Å². The van der Waals surface area contributed by atoms with Gasteiger partial charge in [-0.05, 0) is 48.7 Å². The number of aliphatic hydroxyl groups is 1. The van der Waals surface area contributed by atoms with Gasteiger partial charge in [-0.2, -0.15) is 0 Å². The minimum absolute atomic E-state index is 0.117. The highest BCUT2D eigenvalue weighted by Gasteiger charge is 2.43. The van der Waals surface area contributed by atoms with E-state index in [0.717, 1.165) is 5.56 Å². The van der Waals surface area contributed by atoms with Gasteiger partial charge in [0.15, 0.2) is 11.5 Å². The minimum atomic E-state index is -0.726. The summed E-state index contributed by atoms with van der Waals surface area (Å²) in [5.74, 6) is -0.140. The fourth-order valence-electron chi connectivity index (χ4n) is 4.00. The molecule has 0 saturated heterocycles. The third kappa shape index (κ3) is 4.44. The zero-order chi connectivity index (χ0) is 22.5. The second-order valence-corrected chi connectivity index (χ2v) is 7.59. The largest absolute Gasteiger partial charge is 0.503 e. The van der Waals surface area contributed by atoms with Crippen LogP contribution in [0.25, 0.3) is 0 Å². The second-order valence-electron chi connectivity index (χ2n) is 7.59. The highest BCUT2D eigenvalue weighted by molar-refractivity contribution is 6.09. The van der Waals surface area contributed by atoms with Gasteiger partial charge in [0, 0.05) is 6.42 Å². The maximum Gasteiger partial charge on any atom is 0.290 e. The summed E-state index contributed by atoms with van der Waals surface area (Å²) in [5.41, 5.74) is 1.83. The molecule has 32 heavy (non-hydrogen) atoms. The molecule has 3 aromatic rings. The van der Waals surface area contributed by atoms with Crippen LogP contribution in [0.15, 0.2) is 88.7 Å². The smallest absolute Gasteiger partial charge is 0.290 e. The third-order valence-electron chi connectivity index (χ3n) is 5.48. The zero-order valence-corrected chi connectivity index (χ0v) is 17.9. The Bertz CT molecular complexity index is 1120. The number of aliphatic hydroxyl groups excluding tert-OH is 1. The summed E-state index contributed by atoms with van der Waals surface area (Å²) < 4.78 is 11.0. The summed E-state index contributed by atoms with van der Waals surface area (Å²) in [4.78, 5) is 27.7. The van der Waals surface area contributed by atoms with Crippen LogP contribution in [0, 0.1) is 0 Å². The van der Waals surface area contributed by atoms with Gasteiger partial charge >= 0.3 is 0 Å². The maximum atomic E-state index is 13.3. The van der Waals surface area contributed by atoms with Crippen LogP contribution >= 0.6 is 0 Å². The molecule has 6 heteroatoms. The van der Waals surface area contributed by atoms with Crippen LogP contribution in [0.4, 0.5) is 0 Å². The van der Waals surface area contributed by atoms with Crippen molar-refractivity contribution in [2.45, 2.75) is 32.4 Å². The molecule has 0 saturated carbocycles. The van der Waals surface area contributed by atoms with Crippen molar-refractivity contribution < 1.29 is 23.8 Å². The minimum Gasteiger partial charge on any atom is -0.503 e. The number of hydrogen-bond acceptors (Lipinski definition) is 5. The van der Waals surface area contributed by atoms with E-state index in [2.05, 4.69) is 0 Å². The van der Waals surface area contributed by atoms with E-state index >= 15 is 0 Å². The molecule has 0 radical (unpaired) electrons. The number of Topliss-reactive ketones (excluding diaryl/α,β-unsaturated/α-hetero) is 1. The average Bonchev–Trinajstić information content (AvgIpc) is 3.41. The normalized spacial score (nSPS) is 16.0. The summed E-state index contributed by atoms with van der Waals surface area (Å²) in [5, 5.41) is 10.7. The van der Waals surface area contributed by atoms with Crippen LogP contribution < -0.4 is 4.74 Å². The Morgan fingerprint density at radius 2 is 1.91 bits per heavy atom. The van der Waals surface area contributed by atoms with Crippen molar-refractivity contribution in [1.29, 1.82) is 0 Å². The number of aryl methyl sites for hydroxylation is 1. The molecule has 0 aliphatic carbocycles. The van der Waals surface area contributed by atoms with Gasteiger partial charge in [-0.1, -0.05) is 42.5 Å². The van der Waals surface area contributed by atoms with Crippen molar-refractivity contribution in [3.8, 4) is 5.75 Å². The van der Waals surface area contributed by atoms with Crippen LogP contribution in [-0.2, 0) is 22.6 Å². The first-order valence-electron chi connectivity index (χ1n) is 10.6. The van der Waals surface area contributed by atoms with Crippen LogP contribution in [0.1, 0.15) is 36.3 Å². The van der Waals surface area contributed by atoms with Crippen molar-refractivity contribution in [1.82, 2.24) is 4.90 Å². The molecule has 1 amide bonds. The molecule has 0 fully saturated rings. The molecule has 0 bridgehead atoms. The van der Waals surface area contributed by atoms with Gasteiger partial charge in [0.25, 0.3) is 5.91 Å². The number of amides is 1. The van der Waals surface area contributed by atoms with E-state index in [-0.39, 0.29) is 24.3 Å². The molecule has 1 aromatic heterocycles. The Morgan fingerprint density at radius 3 is 2.62 bits per heavy atom. The number of ether oxygens (including phenoxy) is 1. The summed E-state index contributed by atoms with van der Waals surface area (Å²) in [6.45, 7) is 2.52. The predicted molar refractivity (Wildman–Crippen MR) is 119 cm³/mol. The van der Waals surface area contributed by atoms with Gasteiger partial charge in [0.05, 0.1) is 31.0 Å². The highest BCUT2D eigenvalue weighted by Crippen LogP contribution is 2.40. The molecule has 1 unspecified atom stereocenters. The Kier molecular flexibility index (Phi) is 6.40. The average molecular weight is 431 g/mol. The van der Waals surface area contributed by atoms with Crippen LogP contribution in [0.3, 0.4) is 0 Å². The lowest BCUT2D eigenvalue weighted by Gasteiger charge is -2.26. The van der Waals surface area contributed by atoms with E-state index in [4.69, 9.17) is 9.15 Å². The summed E-state index contributed by atoms with van der Waals surface area (Å²) in [7, 11) is 0. The molecule has 1 N–H and O–H groups in total. The number of nitrogens with zero attached hydrogens (tertiary/aromatic N) is 1. The molecule has 6 nitrogen and oxygen atoms in total. The van der Waals surface area contributed by atoms with E-state index in [1.165, 1.54) is 11.2 Å². The monoisotopic (exact) mass is 431 g/mol. The van der Waals surface area contributed by atoms with Gasteiger partial charge in [-0.25, -0.2) is 0 Å². The Balaban J connectivity index is 1.67. The molecule has 4 rings (SSSR count). The number of carbonyl (C=O) groups is 2. The molecule has 1 atom stereocenters. The first kappa shape index (κ1) is 21.4. The number of furan rings is 1. The first-order valence-corrected chi connectivity index (χ1v) is 10.6. The SMILES string of the molecule is CCOc1cccc(C2C(C(=O)CCc3ccccc3)=C(O)C(=O)N2Cc2ccco2)c1. The highest BCUT2D eigenvalue weighted by atomic mass is 16.5. The lowest BCUT2D eigenvalue weighted by atomic mass is 9.93. The number of carbonyl (C=O) groups excluding carboxylic acids is 2. The van der Waals surface area contributed by atoms with Crippen molar-refractivity contribution in [2.24, 2.45) is 0 Å². The van der Waals surface area contributed by atoms with Crippen molar-refractivity contribution in [2.75, 3.05) is 6.61 Å². The molecule has 2 heterocycles. The first-order chi connectivity index (χ1) is 15.6. The maximum absolute atomic E-state index is 13.3. The second kappa shape index (κ2) is 9.56. The molecule has 2 aromatic carbocycles. The van der Waals surface area contributed by atoms with Crippen molar-refractivity contribution >= 4 is 11.7 Å². The molecular formula is C26H25NO5. The van der Waals surface area contributed by atoms with Crippen LogP contribution in [0.2, 0.25) is 0 Å². The van der Waals surface area contributed by atoms with E-state index in [1.807, 2.05) is 55.5 Å². The van der Waals surface area contributed by atoms with Crippen molar-refractivity contribution in [3.63, 3.8) is 0 Å². The number of ketones is 1. The van der Waals surface area contributed by atoms with Gasteiger partial charge in [-0.15, -0.1) is 0 Å². The predicted octanol–water partition coefficient (Wildman–Crippen LogP) is 4.78. The Morgan fingerprint density at radius 1 is 1.09 bits per heavy atom. The summed E-state index contributed by atoms with van der Waals surface area (Å²) in [6.07, 6.45) is 2.24. The fourth-order valence-corrected chi connectivity index (χ4v) is 4.00. The van der Waals surface area contributed by atoms with E-state index in [1.54, 1.807) is 18.2 Å². The topological polar surface area (TPSA) is 80.0 Å². The van der Waals surface area contributed by atoms with Crippen LogP contribution in [0.5, 0.6) is 5.75 Å². The number of rotatable bonds is 9. The molecule has 1 aliphatic rings. The van der Waals surface area contributed by atoms with Gasteiger partial charge in [0.1, 0.15) is 11.5 Å². The summed E-state index contributed by atoms with van der Waals surface area (Å²) >= 11 is 0. The number of hydrogen-bond donors (Lipinski definition) is 1. The van der Waals surface area contributed by atoms with Crippen LogP contribution in [-0.4, -0.2) is 28.3 Å². The third-order valence-corrected chi connectivity index (χ3v) is 5.48. The van der Waals surface area contributed by atoms with E-state index < -0.39 is 17.7 Å². The quantitative estimate of drug-likeness (QED) is 0.528. The van der Waals surface area contributed by atoms with Gasteiger partial charge in [0.2, 0.25) is 0 Å². The van der Waals surface area contributed by atoms with Gasteiger partial charge in [-0.3, -0.25) is 9.59 Å². The Labute approximate surface area is 186 Å². The fraction of sp³-hybridized carbons (Fsp3) is 0.231. The van der Waals surface area contributed by atoms with E-state index in [0.29, 0.717) is 30.1 Å². The van der Waals surface area contributed by atoms with E-state index in [9.17, 15) is 14.7 Å². The lowest BCUT2D eigenvalue weighted by Crippen LogP contribution is -2.30. The van der Waals surface area contributed by atoms with Crippen molar-refractivity contribution in [3.05, 3.63) is 101 Å². The molecule has 1 aliphatic heterocycles. The lowest BCUT2D eigenvalue weighted by molar-refractivity contribution is -0.130. The molecule has 164 valence electrons. The molecular weight excluding hydrogens is 406 g/mol. The summed E-state index contributed by atoms with van der Waals surface area (Å²) in [6, 6.07) is 19.7. The molecule has 0 spiro atoms. The Hall–Kier alpha value is -3.80.